The second-order valence-electron chi connectivity index (χ2n) is 5.88. The fourth-order valence-corrected chi connectivity index (χ4v) is 3.90. The zero-order chi connectivity index (χ0) is 15.3. The van der Waals surface area contributed by atoms with Crippen LogP contribution in [0.3, 0.4) is 0 Å². The van der Waals surface area contributed by atoms with Crippen molar-refractivity contribution in [2.24, 2.45) is 5.92 Å². The molecule has 4 nitrogen and oxygen atoms in total. The number of nitrogen functional groups attached to an aromatic ring is 1. The van der Waals surface area contributed by atoms with Gasteiger partial charge in [-0.1, -0.05) is 26.0 Å². The molecule has 0 radical (unpaired) electrons. The third-order valence-corrected chi connectivity index (χ3v) is 5.22. The van der Waals surface area contributed by atoms with Crippen LogP contribution in [-0.2, 0) is 16.6 Å². The molecule has 0 saturated carbocycles. The van der Waals surface area contributed by atoms with Crippen molar-refractivity contribution >= 4 is 15.7 Å². The molecule has 114 valence electrons. The van der Waals surface area contributed by atoms with Crippen LogP contribution in [-0.4, -0.2) is 24.5 Å². The lowest BCUT2D eigenvalue weighted by atomic mass is 10.2. The third-order valence-electron chi connectivity index (χ3n) is 3.20. The molecule has 0 bridgehead atoms. The van der Waals surface area contributed by atoms with E-state index in [1.165, 1.54) is 0 Å². The summed E-state index contributed by atoms with van der Waals surface area (Å²) in [6, 6.07) is 7.30. The van der Waals surface area contributed by atoms with Gasteiger partial charge in [0.15, 0.2) is 0 Å². The molecule has 0 aliphatic carbocycles. The van der Waals surface area contributed by atoms with Crippen molar-refractivity contribution in [3.8, 4) is 0 Å². The average molecular weight is 298 g/mol. The van der Waals surface area contributed by atoms with Gasteiger partial charge in [-0.2, -0.15) is 4.31 Å². The van der Waals surface area contributed by atoms with Gasteiger partial charge < -0.3 is 5.73 Å². The first-order valence-corrected chi connectivity index (χ1v) is 8.67. The monoisotopic (exact) mass is 298 g/mol. The Balaban J connectivity index is 2.86. The van der Waals surface area contributed by atoms with E-state index in [0.29, 0.717) is 24.6 Å². The lowest BCUT2D eigenvalue weighted by Crippen LogP contribution is -2.38. The fraction of sp³-hybridized carbons (Fsp3) is 0.600. The summed E-state index contributed by atoms with van der Waals surface area (Å²) in [5, 5.41) is 0. The topological polar surface area (TPSA) is 63.4 Å². The molecule has 0 aliphatic rings. The molecule has 0 atom stereocenters. The van der Waals surface area contributed by atoms with Gasteiger partial charge in [0.2, 0.25) is 10.0 Å². The number of rotatable bonds is 7. The average Bonchev–Trinajstić information content (AvgIpc) is 2.35. The minimum atomic E-state index is -3.22. The molecular weight excluding hydrogens is 272 g/mol. The molecule has 1 aromatic rings. The first kappa shape index (κ1) is 17.0. The smallest absolute Gasteiger partial charge is 0.214 e. The summed E-state index contributed by atoms with van der Waals surface area (Å²) in [4.78, 5) is 0. The normalized spacial score (nSPS) is 12.6. The molecule has 0 heterocycles. The molecule has 0 aliphatic heterocycles. The first-order chi connectivity index (χ1) is 9.22. The fourth-order valence-electron chi connectivity index (χ4n) is 1.91. The number of sulfonamides is 1. The van der Waals surface area contributed by atoms with E-state index in [4.69, 9.17) is 5.73 Å². The quantitative estimate of drug-likeness (QED) is 0.787. The van der Waals surface area contributed by atoms with Crippen LogP contribution >= 0.6 is 0 Å². The maximum atomic E-state index is 12.4. The second-order valence-corrected chi connectivity index (χ2v) is 7.92. The summed E-state index contributed by atoms with van der Waals surface area (Å²) in [5.74, 6) is 0.591. The van der Waals surface area contributed by atoms with Crippen LogP contribution in [0.1, 0.15) is 39.7 Å². The van der Waals surface area contributed by atoms with Crippen molar-refractivity contribution in [1.29, 1.82) is 0 Å². The maximum Gasteiger partial charge on any atom is 0.214 e. The maximum absolute atomic E-state index is 12.4. The molecule has 0 fully saturated rings. The Morgan fingerprint density at radius 3 is 2.10 bits per heavy atom. The number of nitrogens with two attached hydrogens (primary N) is 1. The van der Waals surface area contributed by atoms with Gasteiger partial charge >= 0.3 is 0 Å². The van der Waals surface area contributed by atoms with Crippen LogP contribution in [0.15, 0.2) is 24.3 Å². The second kappa shape index (κ2) is 7.09. The van der Waals surface area contributed by atoms with Crippen molar-refractivity contribution in [2.75, 3.05) is 11.5 Å². The van der Waals surface area contributed by atoms with E-state index in [1.54, 1.807) is 16.4 Å². The predicted octanol–water partition coefficient (Wildman–Crippen LogP) is 2.86. The lowest BCUT2D eigenvalue weighted by molar-refractivity contribution is 0.346. The Morgan fingerprint density at radius 1 is 1.10 bits per heavy atom. The van der Waals surface area contributed by atoms with E-state index < -0.39 is 10.0 Å². The minimum Gasteiger partial charge on any atom is -0.399 e. The van der Waals surface area contributed by atoms with E-state index in [1.807, 2.05) is 39.8 Å². The lowest BCUT2D eigenvalue weighted by Gasteiger charge is -2.26. The Kier molecular flexibility index (Phi) is 6.02. The number of benzene rings is 1. The molecule has 1 aromatic carbocycles. The van der Waals surface area contributed by atoms with Gasteiger partial charge in [-0.3, -0.25) is 0 Å². The van der Waals surface area contributed by atoms with Crippen LogP contribution < -0.4 is 5.73 Å². The molecule has 2 N–H and O–H groups in total. The molecule has 20 heavy (non-hydrogen) atoms. The number of anilines is 1. The molecular formula is C15H26N2O2S. The molecule has 0 unspecified atom stereocenters. The van der Waals surface area contributed by atoms with Crippen molar-refractivity contribution < 1.29 is 8.42 Å². The van der Waals surface area contributed by atoms with E-state index in [-0.39, 0.29) is 11.8 Å². The number of hydrogen-bond acceptors (Lipinski definition) is 3. The highest BCUT2D eigenvalue weighted by molar-refractivity contribution is 7.89. The van der Waals surface area contributed by atoms with Gasteiger partial charge in [0.25, 0.3) is 0 Å². The molecule has 0 saturated heterocycles. The van der Waals surface area contributed by atoms with Crippen molar-refractivity contribution in [2.45, 2.75) is 46.7 Å². The van der Waals surface area contributed by atoms with Gasteiger partial charge in [-0.05, 0) is 43.9 Å². The zero-order valence-corrected chi connectivity index (χ0v) is 13.7. The summed E-state index contributed by atoms with van der Waals surface area (Å²) < 4.78 is 26.5. The largest absolute Gasteiger partial charge is 0.399 e. The Hall–Kier alpha value is -1.07. The van der Waals surface area contributed by atoms with E-state index in [2.05, 4.69) is 0 Å². The van der Waals surface area contributed by atoms with E-state index in [0.717, 1.165) is 5.56 Å². The number of hydrogen-bond donors (Lipinski definition) is 1. The van der Waals surface area contributed by atoms with Gasteiger partial charge in [-0.15, -0.1) is 0 Å². The van der Waals surface area contributed by atoms with Crippen LogP contribution in [0.2, 0.25) is 0 Å². The van der Waals surface area contributed by atoms with Gasteiger partial charge in [0, 0.05) is 18.3 Å². The molecule has 1 rings (SSSR count). The summed E-state index contributed by atoms with van der Waals surface area (Å²) in [6.45, 7) is 8.29. The Labute approximate surface area is 123 Å². The highest BCUT2D eigenvalue weighted by Crippen LogP contribution is 2.17. The number of nitrogens with zero attached hydrogens (tertiary/aromatic N) is 1. The van der Waals surface area contributed by atoms with E-state index >= 15 is 0 Å². The van der Waals surface area contributed by atoms with Crippen molar-refractivity contribution in [3.63, 3.8) is 0 Å². The van der Waals surface area contributed by atoms with Gasteiger partial charge in [-0.25, -0.2) is 8.42 Å². The van der Waals surface area contributed by atoms with Gasteiger partial charge in [0.05, 0.1) is 5.75 Å². The summed E-state index contributed by atoms with van der Waals surface area (Å²) in [7, 11) is -3.22. The molecule has 5 heteroatoms. The highest BCUT2D eigenvalue weighted by Gasteiger charge is 2.25. The Morgan fingerprint density at radius 2 is 1.65 bits per heavy atom. The predicted molar refractivity (Wildman–Crippen MR) is 84.8 cm³/mol. The SMILES string of the molecule is CC(C)CCS(=O)(=O)N(Cc1ccc(N)cc1)C(C)C. The highest BCUT2D eigenvalue weighted by atomic mass is 32.2. The Bertz CT molecular complexity index is 507. The van der Waals surface area contributed by atoms with Crippen LogP contribution in [0, 0.1) is 5.92 Å². The summed E-state index contributed by atoms with van der Waals surface area (Å²) in [5.41, 5.74) is 7.30. The first-order valence-electron chi connectivity index (χ1n) is 7.06. The van der Waals surface area contributed by atoms with E-state index in [9.17, 15) is 8.42 Å². The van der Waals surface area contributed by atoms with Crippen molar-refractivity contribution in [3.05, 3.63) is 29.8 Å². The van der Waals surface area contributed by atoms with Crippen LogP contribution in [0.4, 0.5) is 5.69 Å². The van der Waals surface area contributed by atoms with Crippen LogP contribution in [0.25, 0.3) is 0 Å². The van der Waals surface area contributed by atoms with Crippen molar-refractivity contribution in [1.82, 2.24) is 4.31 Å². The van der Waals surface area contributed by atoms with Crippen LogP contribution in [0.5, 0.6) is 0 Å². The molecule has 0 spiro atoms. The summed E-state index contributed by atoms with van der Waals surface area (Å²) >= 11 is 0. The molecule has 0 aromatic heterocycles. The zero-order valence-electron chi connectivity index (χ0n) is 12.8. The third kappa shape index (κ3) is 5.13. The molecule has 0 amide bonds. The summed E-state index contributed by atoms with van der Waals surface area (Å²) in [6.07, 6.45) is 0.688. The minimum absolute atomic E-state index is 0.0512. The standard InChI is InChI=1S/C15H26N2O2S/c1-12(2)9-10-20(18,19)17(13(3)4)11-14-5-7-15(16)8-6-14/h5-8,12-13H,9-11,16H2,1-4H3. The van der Waals surface area contributed by atoms with Gasteiger partial charge in [0.1, 0.15) is 0 Å².